The molecule has 1 aromatic heterocycles. The minimum atomic E-state index is -4.40. The molecule has 240 valence electrons. The summed E-state index contributed by atoms with van der Waals surface area (Å²) in [5, 5.41) is 10.3. The highest BCUT2D eigenvalue weighted by Gasteiger charge is 2.41. The van der Waals surface area contributed by atoms with Gasteiger partial charge in [-0.1, -0.05) is 12.0 Å². The molecule has 4 aliphatic rings. The van der Waals surface area contributed by atoms with Gasteiger partial charge in [-0.3, -0.25) is 9.69 Å². The number of piperidine rings is 1. The predicted octanol–water partition coefficient (Wildman–Crippen LogP) is 5.62. The number of rotatable bonds is 9. The maximum Gasteiger partial charge on any atom is 0.406 e. The molecule has 3 saturated heterocycles. The number of carbonyl (C=O) groups is 1. The van der Waals surface area contributed by atoms with Crippen LogP contribution >= 0.6 is 0 Å². The first-order valence-corrected chi connectivity index (χ1v) is 15.7. The molecule has 2 aromatic carbocycles. The van der Waals surface area contributed by atoms with Crippen molar-refractivity contribution in [3.8, 4) is 17.6 Å². The Morgan fingerprint density at radius 1 is 1.07 bits per heavy atom. The lowest BCUT2D eigenvalue weighted by Gasteiger charge is -2.50. The number of ether oxygens (including phenoxy) is 2. The van der Waals surface area contributed by atoms with E-state index in [-0.39, 0.29) is 18.5 Å². The normalized spacial score (nSPS) is 23.0. The van der Waals surface area contributed by atoms with Crippen molar-refractivity contribution in [3.63, 3.8) is 0 Å². The Balaban J connectivity index is 1.15. The number of carbonyl (C=O) groups excluding carboxylic acids is 1. The van der Waals surface area contributed by atoms with Crippen LogP contribution in [0.15, 0.2) is 42.5 Å². The van der Waals surface area contributed by atoms with Gasteiger partial charge in [0.05, 0.1) is 42.8 Å². The average molecular weight is 624 g/mol. The number of fused-ring (bicyclic) bond motifs is 3. The third-order valence-corrected chi connectivity index (χ3v) is 9.03. The minimum absolute atomic E-state index is 0.170. The number of hydrogen-bond acceptors (Lipinski definition) is 6. The number of morpholine rings is 1. The summed E-state index contributed by atoms with van der Waals surface area (Å²) in [7, 11) is 1.51. The fourth-order valence-electron chi connectivity index (χ4n) is 6.87. The lowest BCUT2D eigenvalue weighted by atomic mass is 9.87. The molecule has 7 rings (SSSR count). The van der Waals surface area contributed by atoms with Gasteiger partial charge in [-0.15, -0.1) is 0 Å². The number of alkyl halides is 3. The first-order chi connectivity index (χ1) is 21.7. The Morgan fingerprint density at radius 2 is 1.82 bits per heavy atom. The van der Waals surface area contributed by atoms with Crippen LogP contribution in [0.3, 0.4) is 0 Å². The summed E-state index contributed by atoms with van der Waals surface area (Å²) in [6.45, 7) is 3.46. The molecule has 2 bridgehead atoms. The molecule has 1 amide bonds. The molecule has 3 aromatic rings. The summed E-state index contributed by atoms with van der Waals surface area (Å²) in [6, 6.07) is 13.1. The average Bonchev–Trinajstić information content (AvgIpc) is 3.36. The number of aromatic nitrogens is 1. The Kier molecular flexibility index (Phi) is 9.15. The third-order valence-electron chi connectivity index (χ3n) is 9.03. The maximum atomic E-state index is 13.7. The third kappa shape index (κ3) is 7.18. The Morgan fingerprint density at radius 3 is 2.51 bits per heavy atom. The highest BCUT2D eigenvalue weighted by atomic mass is 19.4. The van der Waals surface area contributed by atoms with Crippen LogP contribution in [0.5, 0.6) is 5.75 Å². The van der Waals surface area contributed by atoms with Crippen molar-refractivity contribution in [2.24, 2.45) is 0 Å². The number of benzene rings is 2. The molecule has 0 unspecified atom stereocenters. The molecule has 11 heteroatoms. The molecule has 45 heavy (non-hydrogen) atoms. The number of anilines is 2. The van der Waals surface area contributed by atoms with Gasteiger partial charge in [0.1, 0.15) is 12.3 Å². The molecular weight excluding hydrogens is 583 g/mol. The van der Waals surface area contributed by atoms with Crippen molar-refractivity contribution in [2.45, 2.75) is 76.0 Å². The molecule has 0 radical (unpaired) electrons. The van der Waals surface area contributed by atoms with E-state index >= 15 is 0 Å². The van der Waals surface area contributed by atoms with Gasteiger partial charge in [0, 0.05) is 54.8 Å². The van der Waals surface area contributed by atoms with Crippen LogP contribution in [0.4, 0.5) is 24.5 Å². The van der Waals surface area contributed by atoms with E-state index in [1.165, 1.54) is 18.1 Å². The molecular formula is C34H40F3N5O3. The van der Waals surface area contributed by atoms with Crippen molar-refractivity contribution in [3.05, 3.63) is 53.7 Å². The highest BCUT2D eigenvalue weighted by molar-refractivity contribution is 5.95. The summed E-state index contributed by atoms with van der Waals surface area (Å²) >= 11 is 0. The minimum Gasteiger partial charge on any atom is -0.495 e. The van der Waals surface area contributed by atoms with E-state index in [2.05, 4.69) is 32.7 Å². The quantitative estimate of drug-likeness (QED) is 0.269. The van der Waals surface area contributed by atoms with Crippen LogP contribution < -0.4 is 20.7 Å². The molecule has 0 spiro atoms. The van der Waals surface area contributed by atoms with Crippen LogP contribution in [-0.4, -0.2) is 79.1 Å². The van der Waals surface area contributed by atoms with Crippen LogP contribution in [-0.2, 0) is 11.3 Å². The van der Waals surface area contributed by atoms with Gasteiger partial charge < -0.3 is 30.0 Å². The van der Waals surface area contributed by atoms with Gasteiger partial charge in [-0.25, -0.2) is 0 Å². The van der Waals surface area contributed by atoms with E-state index in [1.54, 1.807) is 36.4 Å². The van der Waals surface area contributed by atoms with Crippen LogP contribution in [0, 0.1) is 11.8 Å². The zero-order valence-electron chi connectivity index (χ0n) is 25.7. The van der Waals surface area contributed by atoms with Crippen molar-refractivity contribution in [2.75, 3.05) is 43.9 Å². The van der Waals surface area contributed by atoms with Gasteiger partial charge in [0.15, 0.2) is 0 Å². The Bertz CT molecular complexity index is 1570. The molecule has 3 N–H and O–H groups in total. The first-order valence-electron chi connectivity index (χ1n) is 15.7. The monoisotopic (exact) mass is 623 g/mol. The standard InChI is InChI=1S/C34H40F3N5O3/c1-3-38-33(43)22-9-14-30(32(16-22)44-2)39-15-5-6-25-17-28-29(7-4-8-31(28)42(25)21-34(35,36)37)40-23-10-12-24(13-11-23)41-19-26-18-27(20-41)45-26/h4,7-9,14,16-17,23-24,26-27,39-40H,3,10-13,15,18-21H2,1-2H3,(H,38,43)/t23?,24?,26-,27-/m1/s1. The highest BCUT2D eigenvalue weighted by Crippen LogP contribution is 2.35. The molecule has 1 saturated carbocycles. The van der Waals surface area contributed by atoms with Crippen molar-refractivity contribution in [1.82, 2.24) is 14.8 Å². The fourth-order valence-corrected chi connectivity index (χ4v) is 6.87. The molecule has 4 fully saturated rings. The lowest BCUT2D eigenvalue weighted by molar-refractivity contribution is -0.189. The summed E-state index contributed by atoms with van der Waals surface area (Å²) in [4.78, 5) is 14.8. The summed E-state index contributed by atoms with van der Waals surface area (Å²) < 4.78 is 53.6. The zero-order chi connectivity index (χ0) is 31.6. The smallest absolute Gasteiger partial charge is 0.406 e. The molecule has 3 aliphatic heterocycles. The lowest BCUT2D eigenvalue weighted by Crippen LogP contribution is -2.60. The van der Waals surface area contributed by atoms with E-state index in [1.807, 2.05) is 13.0 Å². The number of methoxy groups -OCH3 is 1. The second-order valence-corrected chi connectivity index (χ2v) is 12.1. The van der Waals surface area contributed by atoms with E-state index < -0.39 is 12.7 Å². The molecule has 4 heterocycles. The number of nitrogens with one attached hydrogen (secondary N) is 3. The first kappa shape index (κ1) is 31.1. The largest absolute Gasteiger partial charge is 0.495 e. The molecule has 8 nitrogen and oxygen atoms in total. The topological polar surface area (TPSA) is 79.8 Å². The summed E-state index contributed by atoms with van der Waals surface area (Å²) in [5.74, 6) is 6.20. The Labute approximate surface area is 261 Å². The van der Waals surface area contributed by atoms with E-state index in [9.17, 15) is 18.0 Å². The number of hydrogen-bond donors (Lipinski definition) is 3. The van der Waals surface area contributed by atoms with E-state index in [4.69, 9.17) is 9.47 Å². The second kappa shape index (κ2) is 13.2. The maximum absolute atomic E-state index is 13.7. The number of amides is 1. The van der Waals surface area contributed by atoms with Crippen LogP contribution in [0.1, 0.15) is 55.1 Å². The van der Waals surface area contributed by atoms with E-state index in [0.717, 1.165) is 49.8 Å². The van der Waals surface area contributed by atoms with E-state index in [0.29, 0.717) is 53.0 Å². The predicted molar refractivity (Wildman–Crippen MR) is 169 cm³/mol. The Hall–Kier alpha value is -3.88. The van der Waals surface area contributed by atoms with Crippen molar-refractivity contribution >= 4 is 28.2 Å². The molecule has 1 aliphatic carbocycles. The van der Waals surface area contributed by atoms with Gasteiger partial charge in [-0.05, 0) is 74.9 Å². The van der Waals surface area contributed by atoms with Crippen LogP contribution in [0.25, 0.3) is 10.9 Å². The number of nitrogens with zero attached hydrogens (tertiary/aromatic N) is 2. The van der Waals surface area contributed by atoms with Gasteiger partial charge in [0.2, 0.25) is 0 Å². The van der Waals surface area contributed by atoms with Gasteiger partial charge in [0.25, 0.3) is 5.91 Å². The van der Waals surface area contributed by atoms with Gasteiger partial charge >= 0.3 is 6.18 Å². The van der Waals surface area contributed by atoms with Crippen molar-refractivity contribution < 1.29 is 27.4 Å². The summed E-state index contributed by atoms with van der Waals surface area (Å²) in [5.41, 5.74) is 2.72. The fraction of sp³-hybridized carbons (Fsp3) is 0.500. The molecule has 2 atom stereocenters. The van der Waals surface area contributed by atoms with Crippen LogP contribution in [0.2, 0.25) is 0 Å². The number of halogens is 3. The zero-order valence-corrected chi connectivity index (χ0v) is 25.7. The summed E-state index contributed by atoms with van der Waals surface area (Å²) in [6.07, 6.45) is 1.84. The van der Waals surface area contributed by atoms with Crippen molar-refractivity contribution in [1.29, 1.82) is 0 Å². The SMILES string of the molecule is CCNC(=O)c1ccc(NCC#Cc2cc3c(NC4CCC(N5C[C@H]6C[C@H](C5)O6)CC4)cccc3n2CC(F)(F)F)c(OC)c1. The van der Waals surface area contributed by atoms with Gasteiger partial charge in [-0.2, -0.15) is 13.2 Å². The second-order valence-electron chi connectivity index (χ2n) is 12.1.